The van der Waals surface area contributed by atoms with Crippen molar-refractivity contribution in [3.8, 4) is 0 Å². The minimum absolute atomic E-state index is 0.294. The molecule has 0 aromatic heterocycles. The highest BCUT2D eigenvalue weighted by atomic mass is 19.1. The van der Waals surface area contributed by atoms with Crippen molar-refractivity contribution < 1.29 is 14.0 Å². The third kappa shape index (κ3) is 4.32. The minimum atomic E-state index is -0.827. The van der Waals surface area contributed by atoms with Gasteiger partial charge in [-0.2, -0.15) is 0 Å². The Kier molecular flexibility index (Phi) is 5.97. The zero-order valence-electron chi connectivity index (χ0n) is 16.5. The van der Waals surface area contributed by atoms with E-state index in [0.717, 1.165) is 0 Å². The zero-order chi connectivity index (χ0) is 20.3. The van der Waals surface area contributed by atoms with E-state index in [-0.39, 0.29) is 11.9 Å². The molecular weight excluding hydrogens is 357 g/mol. The van der Waals surface area contributed by atoms with Crippen LogP contribution in [0.25, 0.3) is 0 Å². The Morgan fingerprint density at radius 1 is 1.21 bits per heavy atom. The number of piperazine rings is 1. The molecule has 1 heterocycles. The number of rotatable bonds is 4. The number of nitrogens with one attached hydrogen (secondary N) is 2. The average Bonchev–Trinajstić information content (AvgIpc) is 2.63. The molecule has 1 aliphatic heterocycles. The molecule has 3 rings (SSSR count). The van der Waals surface area contributed by atoms with Crippen LogP contribution in [0, 0.1) is 26.6 Å². The highest BCUT2D eigenvalue weighted by Gasteiger charge is 2.34. The lowest BCUT2D eigenvalue weighted by molar-refractivity contribution is -0.127. The Bertz CT molecular complexity index is 874. The average molecular weight is 383 g/mol. The Morgan fingerprint density at radius 2 is 1.93 bits per heavy atom. The lowest BCUT2D eigenvalue weighted by Gasteiger charge is -2.35. The molecule has 0 bridgehead atoms. The number of carbonyl (C=O) groups is 2. The molecule has 0 spiro atoms. The van der Waals surface area contributed by atoms with E-state index < -0.39 is 11.9 Å². The molecule has 0 radical (unpaired) electrons. The van der Waals surface area contributed by atoms with E-state index in [1.807, 2.05) is 0 Å². The number of aryl methyl sites for hydroxylation is 3. The number of urea groups is 1. The molecule has 1 aliphatic rings. The number of halogens is 1. The first-order chi connectivity index (χ1) is 13.4. The molecule has 2 aromatic carbocycles. The molecule has 0 aliphatic carbocycles. The van der Waals surface area contributed by atoms with E-state index >= 15 is 0 Å². The van der Waals surface area contributed by atoms with Crippen LogP contribution in [0.2, 0.25) is 0 Å². The lowest BCUT2D eigenvalue weighted by Crippen LogP contribution is -2.55. The Labute approximate surface area is 164 Å². The highest BCUT2D eigenvalue weighted by molar-refractivity contribution is 5.89. The Balaban J connectivity index is 1.69. The maximum absolute atomic E-state index is 13.6. The van der Waals surface area contributed by atoms with Gasteiger partial charge in [-0.15, -0.1) is 0 Å². The van der Waals surface area contributed by atoms with Crippen molar-refractivity contribution in [3.05, 3.63) is 70.0 Å². The summed E-state index contributed by atoms with van der Waals surface area (Å²) in [6.07, 6.45) is 0.717. The second-order valence-corrected chi connectivity index (χ2v) is 7.30. The van der Waals surface area contributed by atoms with Crippen molar-refractivity contribution in [3.63, 3.8) is 0 Å². The van der Waals surface area contributed by atoms with Gasteiger partial charge in [-0.1, -0.05) is 29.8 Å². The first-order valence-electron chi connectivity index (χ1n) is 9.51. The van der Waals surface area contributed by atoms with Gasteiger partial charge in [0.25, 0.3) is 0 Å². The standard InChI is InChI=1S/C22H26FN3O2/c1-14-11-15(2)19(16(3)12-14)7-8-25-22(28)26-10-9-24-21(27)20(26)17-5-4-6-18(23)13-17/h4-6,11-13,20H,7-10H2,1-3H3,(H,24,27)(H,25,28)/t20-/m1/s1. The van der Waals surface area contributed by atoms with Gasteiger partial charge in [0.05, 0.1) is 0 Å². The SMILES string of the molecule is Cc1cc(C)c(CCNC(=O)N2CCNC(=O)[C@H]2c2cccc(F)c2)c(C)c1. The first-order valence-corrected chi connectivity index (χ1v) is 9.51. The maximum Gasteiger partial charge on any atom is 0.318 e. The van der Waals surface area contributed by atoms with Crippen LogP contribution < -0.4 is 10.6 Å². The fraction of sp³-hybridized carbons (Fsp3) is 0.364. The van der Waals surface area contributed by atoms with Gasteiger partial charge in [-0.3, -0.25) is 4.79 Å². The van der Waals surface area contributed by atoms with Gasteiger partial charge in [0.2, 0.25) is 5.91 Å². The zero-order valence-corrected chi connectivity index (χ0v) is 16.5. The molecular formula is C22H26FN3O2. The fourth-order valence-corrected chi connectivity index (χ4v) is 3.89. The van der Waals surface area contributed by atoms with Crippen molar-refractivity contribution in [2.45, 2.75) is 33.2 Å². The van der Waals surface area contributed by atoms with E-state index in [9.17, 15) is 14.0 Å². The summed E-state index contributed by atoms with van der Waals surface area (Å²) >= 11 is 0. The smallest absolute Gasteiger partial charge is 0.318 e. The topological polar surface area (TPSA) is 61.4 Å². The summed E-state index contributed by atoms with van der Waals surface area (Å²) in [5, 5.41) is 5.67. The molecule has 28 heavy (non-hydrogen) atoms. The molecule has 0 unspecified atom stereocenters. The van der Waals surface area contributed by atoms with Crippen molar-refractivity contribution in [1.29, 1.82) is 0 Å². The summed E-state index contributed by atoms with van der Waals surface area (Å²) in [4.78, 5) is 26.6. The molecule has 1 fully saturated rings. The second-order valence-electron chi connectivity index (χ2n) is 7.30. The van der Waals surface area contributed by atoms with Crippen LogP contribution in [0.4, 0.5) is 9.18 Å². The number of hydrogen-bond donors (Lipinski definition) is 2. The molecule has 2 aromatic rings. The van der Waals surface area contributed by atoms with Crippen LogP contribution in [0.1, 0.15) is 33.9 Å². The third-order valence-corrected chi connectivity index (χ3v) is 5.13. The van der Waals surface area contributed by atoms with Crippen LogP contribution in [-0.4, -0.2) is 36.5 Å². The maximum atomic E-state index is 13.6. The first kappa shape index (κ1) is 19.9. The molecule has 1 atom stereocenters. The molecule has 2 N–H and O–H groups in total. The molecule has 1 saturated heterocycles. The summed E-state index contributed by atoms with van der Waals surface area (Å²) < 4.78 is 13.6. The van der Waals surface area contributed by atoms with Gasteiger partial charge in [-0.25, -0.2) is 9.18 Å². The normalized spacial score (nSPS) is 16.6. The van der Waals surface area contributed by atoms with Crippen molar-refractivity contribution in [1.82, 2.24) is 15.5 Å². The van der Waals surface area contributed by atoms with Gasteiger partial charge in [0.15, 0.2) is 0 Å². The molecule has 6 heteroatoms. The van der Waals surface area contributed by atoms with Crippen LogP contribution in [-0.2, 0) is 11.2 Å². The number of hydrogen-bond acceptors (Lipinski definition) is 2. The fourth-order valence-electron chi connectivity index (χ4n) is 3.89. The quantitative estimate of drug-likeness (QED) is 0.852. The van der Waals surface area contributed by atoms with E-state index in [4.69, 9.17) is 0 Å². The van der Waals surface area contributed by atoms with Crippen molar-refractivity contribution in [2.75, 3.05) is 19.6 Å². The Morgan fingerprint density at radius 3 is 2.61 bits per heavy atom. The van der Waals surface area contributed by atoms with Crippen molar-refractivity contribution >= 4 is 11.9 Å². The molecule has 3 amide bonds. The van der Waals surface area contributed by atoms with Crippen LogP contribution in [0.5, 0.6) is 0 Å². The van der Waals surface area contributed by atoms with Gasteiger partial charge >= 0.3 is 6.03 Å². The second kappa shape index (κ2) is 8.42. The van der Waals surface area contributed by atoms with Gasteiger partial charge in [0.1, 0.15) is 11.9 Å². The van der Waals surface area contributed by atoms with Gasteiger partial charge in [0, 0.05) is 19.6 Å². The van der Waals surface area contributed by atoms with Crippen LogP contribution in [0.15, 0.2) is 36.4 Å². The minimum Gasteiger partial charge on any atom is -0.352 e. The van der Waals surface area contributed by atoms with Crippen molar-refractivity contribution in [2.24, 2.45) is 0 Å². The Hall–Kier alpha value is -2.89. The van der Waals surface area contributed by atoms with E-state index in [1.54, 1.807) is 12.1 Å². The lowest BCUT2D eigenvalue weighted by atomic mass is 9.97. The van der Waals surface area contributed by atoms with Crippen LogP contribution in [0.3, 0.4) is 0 Å². The third-order valence-electron chi connectivity index (χ3n) is 5.13. The molecule has 148 valence electrons. The molecule has 5 nitrogen and oxygen atoms in total. The summed E-state index contributed by atoms with van der Waals surface area (Å²) in [7, 11) is 0. The van der Waals surface area contributed by atoms with E-state index in [0.29, 0.717) is 31.6 Å². The summed E-state index contributed by atoms with van der Waals surface area (Å²) in [5.74, 6) is -0.723. The van der Waals surface area contributed by atoms with Crippen LogP contribution >= 0.6 is 0 Å². The van der Waals surface area contributed by atoms with Gasteiger partial charge in [-0.05, 0) is 61.6 Å². The largest absolute Gasteiger partial charge is 0.352 e. The summed E-state index contributed by atoms with van der Waals surface area (Å²) in [6.45, 7) is 7.45. The predicted molar refractivity (Wildman–Crippen MR) is 107 cm³/mol. The summed E-state index contributed by atoms with van der Waals surface area (Å²) in [5.41, 5.74) is 5.34. The van der Waals surface area contributed by atoms with Gasteiger partial charge < -0.3 is 15.5 Å². The molecule has 0 saturated carbocycles. The predicted octanol–water partition coefficient (Wildman–Crippen LogP) is 3.18. The number of benzene rings is 2. The number of amides is 3. The monoisotopic (exact) mass is 383 g/mol. The number of nitrogens with zero attached hydrogens (tertiary/aromatic N) is 1. The van der Waals surface area contributed by atoms with E-state index in [1.165, 1.54) is 39.3 Å². The van der Waals surface area contributed by atoms with E-state index in [2.05, 4.69) is 43.5 Å². The summed E-state index contributed by atoms with van der Waals surface area (Å²) in [6, 6.07) is 8.97. The number of carbonyl (C=O) groups excluding carboxylic acids is 2. The highest BCUT2D eigenvalue weighted by Crippen LogP contribution is 2.24.